The number of carbonyl (C=O) groups excluding carboxylic acids is 1. The van der Waals surface area contributed by atoms with Crippen LogP contribution >= 0.6 is 27.7 Å². The van der Waals surface area contributed by atoms with E-state index in [1.54, 1.807) is 13.0 Å². The lowest BCUT2D eigenvalue weighted by atomic mass is 10.1. The molecule has 3 aromatic carbocycles. The first kappa shape index (κ1) is 26.6. The summed E-state index contributed by atoms with van der Waals surface area (Å²) in [5, 5.41) is 11.3. The van der Waals surface area contributed by atoms with Gasteiger partial charge in [-0.1, -0.05) is 64.1 Å². The first-order valence-electron chi connectivity index (χ1n) is 11.8. The molecule has 0 unspecified atom stereocenters. The molecule has 0 fully saturated rings. The van der Waals surface area contributed by atoms with Crippen LogP contribution in [0.4, 0.5) is 5.69 Å². The van der Waals surface area contributed by atoms with Gasteiger partial charge in [0.2, 0.25) is 0 Å². The lowest BCUT2D eigenvalue weighted by molar-refractivity contribution is -0.138. The van der Waals surface area contributed by atoms with E-state index in [0.29, 0.717) is 40.3 Å². The molecule has 0 saturated carbocycles. The molecule has 0 bridgehead atoms. The van der Waals surface area contributed by atoms with Gasteiger partial charge >= 0.3 is 5.97 Å². The third-order valence-corrected chi connectivity index (χ3v) is 6.78. The van der Waals surface area contributed by atoms with Gasteiger partial charge in [-0.2, -0.15) is 0 Å². The fraction of sp³-hybridized carbons (Fsp3) is 0.172. The van der Waals surface area contributed by atoms with E-state index in [2.05, 4.69) is 20.9 Å². The van der Waals surface area contributed by atoms with E-state index < -0.39 is 5.97 Å². The highest BCUT2D eigenvalue weighted by Crippen LogP contribution is 2.41. The molecule has 0 atom stereocenters. The molecule has 190 valence electrons. The lowest BCUT2D eigenvalue weighted by Gasteiger charge is -2.13. The molecule has 1 aliphatic heterocycles. The number of thioether (sulfide) groups is 1. The molecule has 1 aliphatic rings. The number of halogens is 1. The SMILES string of the molecule is CCOC(=O)C1=C(O)/C(=C/c2ccc(OCc3ccc(Br)cc3)c(OCC)c2)SC1=Nc1ccccc1. The van der Waals surface area contributed by atoms with Crippen molar-refractivity contribution in [3.05, 3.63) is 105 Å². The summed E-state index contributed by atoms with van der Waals surface area (Å²) in [6.45, 7) is 4.68. The Labute approximate surface area is 228 Å². The fourth-order valence-electron chi connectivity index (χ4n) is 3.51. The summed E-state index contributed by atoms with van der Waals surface area (Å²) in [5.41, 5.74) is 2.54. The first-order chi connectivity index (χ1) is 18.0. The Kier molecular flexibility index (Phi) is 9.09. The Hall–Kier alpha value is -3.49. The summed E-state index contributed by atoms with van der Waals surface area (Å²) in [5.74, 6) is 0.428. The van der Waals surface area contributed by atoms with Crippen molar-refractivity contribution in [2.75, 3.05) is 13.2 Å². The number of hydrogen-bond donors (Lipinski definition) is 1. The van der Waals surface area contributed by atoms with E-state index in [1.165, 1.54) is 11.8 Å². The minimum absolute atomic E-state index is 0.0569. The topological polar surface area (TPSA) is 77.4 Å². The normalized spacial score (nSPS) is 15.3. The molecule has 4 rings (SSSR count). The Morgan fingerprint density at radius 3 is 2.43 bits per heavy atom. The number of benzene rings is 3. The van der Waals surface area contributed by atoms with Crippen molar-refractivity contribution < 1.29 is 24.1 Å². The molecule has 8 heteroatoms. The van der Waals surface area contributed by atoms with Crippen molar-refractivity contribution in [1.29, 1.82) is 0 Å². The minimum atomic E-state index is -0.614. The first-order valence-corrected chi connectivity index (χ1v) is 13.4. The average Bonchev–Trinajstić information content (AvgIpc) is 3.19. The van der Waals surface area contributed by atoms with Gasteiger partial charge in [0.25, 0.3) is 0 Å². The van der Waals surface area contributed by atoms with Crippen LogP contribution in [-0.2, 0) is 16.1 Å². The van der Waals surface area contributed by atoms with Gasteiger partial charge in [-0.05, 0) is 67.4 Å². The number of esters is 1. The van der Waals surface area contributed by atoms with E-state index in [-0.39, 0.29) is 17.9 Å². The summed E-state index contributed by atoms with van der Waals surface area (Å²) in [6.07, 6.45) is 1.79. The van der Waals surface area contributed by atoms with Gasteiger partial charge in [0, 0.05) is 4.47 Å². The summed E-state index contributed by atoms with van der Waals surface area (Å²) >= 11 is 4.65. The zero-order valence-electron chi connectivity index (χ0n) is 20.4. The summed E-state index contributed by atoms with van der Waals surface area (Å²) in [4.78, 5) is 17.7. The molecule has 0 radical (unpaired) electrons. The summed E-state index contributed by atoms with van der Waals surface area (Å²) in [6, 6.07) is 22.7. The minimum Gasteiger partial charge on any atom is -0.506 e. The maximum atomic E-state index is 12.6. The van der Waals surface area contributed by atoms with Gasteiger partial charge in [-0.25, -0.2) is 9.79 Å². The van der Waals surface area contributed by atoms with Gasteiger partial charge in [-0.15, -0.1) is 0 Å². The fourth-order valence-corrected chi connectivity index (χ4v) is 4.81. The highest BCUT2D eigenvalue weighted by molar-refractivity contribution is 9.10. The monoisotopic (exact) mass is 579 g/mol. The van der Waals surface area contributed by atoms with Crippen LogP contribution < -0.4 is 9.47 Å². The molecule has 1 heterocycles. The molecular weight excluding hydrogens is 554 g/mol. The van der Waals surface area contributed by atoms with Crippen LogP contribution in [-0.4, -0.2) is 29.3 Å². The van der Waals surface area contributed by atoms with Crippen LogP contribution in [0.25, 0.3) is 6.08 Å². The van der Waals surface area contributed by atoms with Crippen molar-refractivity contribution >= 4 is 50.5 Å². The molecule has 1 N–H and O–H groups in total. The third kappa shape index (κ3) is 6.84. The standard InChI is InChI=1S/C29H26BrNO5S/c1-3-34-24-16-20(12-15-23(24)36-18-19-10-13-21(30)14-11-19)17-25-27(32)26(29(33)35-4-2)28(37-25)31-22-8-6-5-7-9-22/h5-17,32H,3-4,18H2,1-2H3/b25-17-,31-28?. The van der Waals surface area contributed by atoms with Crippen LogP contribution in [0.1, 0.15) is 25.0 Å². The number of rotatable bonds is 9. The Morgan fingerprint density at radius 2 is 1.73 bits per heavy atom. The van der Waals surface area contributed by atoms with E-state index in [4.69, 9.17) is 14.2 Å². The molecule has 37 heavy (non-hydrogen) atoms. The van der Waals surface area contributed by atoms with Gasteiger partial charge in [-0.3, -0.25) is 0 Å². The van der Waals surface area contributed by atoms with E-state index in [9.17, 15) is 9.90 Å². The average molecular weight is 581 g/mol. The number of aliphatic imine (C=N–C) groups is 1. The molecular formula is C29H26BrNO5S. The molecule has 0 aromatic heterocycles. The number of hydrogen-bond acceptors (Lipinski definition) is 7. The summed E-state index contributed by atoms with van der Waals surface area (Å²) in [7, 11) is 0. The van der Waals surface area contributed by atoms with Gasteiger partial charge < -0.3 is 19.3 Å². The molecule has 0 saturated heterocycles. The van der Waals surface area contributed by atoms with Crippen molar-refractivity contribution in [2.24, 2.45) is 4.99 Å². The second kappa shape index (κ2) is 12.7. The number of para-hydroxylation sites is 1. The molecule has 0 aliphatic carbocycles. The van der Waals surface area contributed by atoms with Crippen molar-refractivity contribution in [3.63, 3.8) is 0 Å². The number of ether oxygens (including phenoxy) is 3. The highest BCUT2D eigenvalue weighted by atomic mass is 79.9. The number of nitrogens with zero attached hydrogens (tertiary/aromatic N) is 1. The van der Waals surface area contributed by atoms with Gasteiger partial charge in [0.15, 0.2) is 11.5 Å². The van der Waals surface area contributed by atoms with Gasteiger partial charge in [0.1, 0.15) is 23.0 Å². The van der Waals surface area contributed by atoms with Crippen molar-refractivity contribution in [2.45, 2.75) is 20.5 Å². The van der Waals surface area contributed by atoms with Crippen LogP contribution in [0.2, 0.25) is 0 Å². The lowest BCUT2D eigenvalue weighted by Crippen LogP contribution is -2.12. The maximum absolute atomic E-state index is 12.6. The molecule has 0 amide bonds. The summed E-state index contributed by atoms with van der Waals surface area (Å²) < 4.78 is 18.0. The van der Waals surface area contributed by atoms with Crippen molar-refractivity contribution in [3.8, 4) is 11.5 Å². The highest BCUT2D eigenvalue weighted by Gasteiger charge is 2.33. The zero-order chi connectivity index (χ0) is 26.2. The zero-order valence-corrected chi connectivity index (χ0v) is 22.8. The van der Waals surface area contributed by atoms with Crippen LogP contribution in [0.15, 0.2) is 98.5 Å². The maximum Gasteiger partial charge on any atom is 0.344 e. The molecule has 0 spiro atoms. The van der Waals surface area contributed by atoms with Crippen molar-refractivity contribution in [1.82, 2.24) is 0 Å². The van der Waals surface area contributed by atoms with Crippen LogP contribution in [0.3, 0.4) is 0 Å². The van der Waals surface area contributed by atoms with E-state index in [1.807, 2.05) is 79.7 Å². The third-order valence-electron chi connectivity index (χ3n) is 5.23. The smallest absolute Gasteiger partial charge is 0.344 e. The molecule has 3 aromatic rings. The Morgan fingerprint density at radius 1 is 0.973 bits per heavy atom. The van der Waals surface area contributed by atoms with E-state index in [0.717, 1.165) is 15.6 Å². The second-order valence-corrected chi connectivity index (χ2v) is 9.81. The number of aliphatic hydroxyl groups is 1. The number of aliphatic hydroxyl groups excluding tert-OH is 1. The van der Waals surface area contributed by atoms with Crippen LogP contribution in [0.5, 0.6) is 11.5 Å². The van der Waals surface area contributed by atoms with Gasteiger partial charge in [0.05, 0.1) is 23.8 Å². The number of carbonyl (C=O) groups is 1. The Bertz CT molecular complexity index is 1350. The Balaban J connectivity index is 1.62. The molecule has 6 nitrogen and oxygen atoms in total. The van der Waals surface area contributed by atoms with E-state index >= 15 is 0 Å². The predicted octanol–water partition coefficient (Wildman–Crippen LogP) is 7.62. The quantitative estimate of drug-likeness (QED) is 0.263. The largest absolute Gasteiger partial charge is 0.506 e. The predicted molar refractivity (Wildman–Crippen MR) is 151 cm³/mol. The van der Waals surface area contributed by atoms with Crippen LogP contribution in [0, 0.1) is 0 Å². The second-order valence-electron chi connectivity index (χ2n) is 7.86.